The van der Waals surface area contributed by atoms with Crippen LogP contribution in [0.3, 0.4) is 0 Å². The molecule has 2 N–H and O–H groups in total. The number of carbonyl (C=O) groups is 2. The molecule has 1 atom stereocenters. The van der Waals surface area contributed by atoms with Crippen molar-refractivity contribution >= 4 is 23.8 Å². The van der Waals surface area contributed by atoms with Gasteiger partial charge in [-0.2, -0.15) is 11.8 Å². The number of thioether (sulfide) groups is 1. The molecule has 2 amide bonds. The predicted molar refractivity (Wildman–Crippen MR) is 60.7 cm³/mol. The first kappa shape index (κ1) is 13.1. The van der Waals surface area contributed by atoms with E-state index in [4.69, 9.17) is 9.84 Å². The molecule has 0 saturated carbocycles. The Morgan fingerprint density at radius 3 is 3.00 bits per heavy atom. The van der Waals surface area contributed by atoms with Crippen molar-refractivity contribution in [2.45, 2.75) is 6.04 Å². The maximum absolute atomic E-state index is 11.7. The minimum atomic E-state index is -1.03. The molecule has 92 valence electrons. The van der Waals surface area contributed by atoms with Gasteiger partial charge < -0.3 is 20.1 Å². The summed E-state index contributed by atoms with van der Waals surface area (Å²) in [5.41, 5.74) is 0. The second-order valence-electron chi connectivity index (χ2n) is 3.35. The summed E-state index contributed by atoms with van der Waals surface area (Å²) in [5.74, 6) is -0.215. The van der Waals surface area contributed by atoms with E-state index in [2.05, 4.69) is 5.32 Å². The Kier molecular flexibility index (Phi) is 5.41. The van der Waals surface area contributed by atoms with Gasteiger partial charge in [-0.15, -0.1) is 0 Å². The third-order valence-corrected chi connectivity index (χ3v) is 2.87. The molecule has 1 heterocycles. The number of ether oxygens (including phenoxy) is 1. The van der Waals surface area contributed by atoms with Gasteiger partial charge in [-0.25, -0.2) is 9.59 Å². The molecule has 0 aromatic rings. The zero-order valence-electron chi connectivity index (χ0n) is 9.14. The van der Waals surface area contributed by atoms with Crippen LogP contribution in [0.4, 0.5) is 4.79 Å². The number of nitrogens with zero attached hydrogens (tertiary/aromatic N) is 1. The number of nitrogens with one attached hydrogen (secondary N) is 1. The highest BCUT2D eigenvalue weighted by Crippen LogP contribution is 2.07. The molecule has 0 bridgehead atoms. The maximum atomic E-state index is 11.7. The number of hydrogen-bond donors (Lipinski definition) is 2. The van der Waals surface area contributed by atoms with E-state index >= 15 is 0 Å². The third kappa shape index (κ3) is 3.57. The number of aliphatic carboxylic acids is 1. The minimum absolute atomic E-state index is 0.0608. The van der Waals surface area contributed by atoms with Crippen LogP contribution in [0, 0.1) is 0 Å². The van der Waals surface area contributed by atoms with E-state index < -0.39 is 12.0 Å². The predicted octanol–water partition coefficient (Wildman–Crippen LogP) is -0.156. The van der Waals surface area contributed by atoms with Crippen molar-refractivity contribution in [3.63, 3.8) is 0 Å². The summed E-state index contributed by atoms with van der Waals surface area (Å²) in [5, 5.41) is 11.6. The van der Waals surface area contributed by atoms with Crippen LogP contribution in [0.5, 0.6) is 0 Å². The lowest BCUT2D eigenvalue weighted by Gasteiger charge is -2.32. The molecule has 0 radical (unpaired) electrons. The van der Waals surface area contributed by atoms with Crippen LogP contribution in [0.2, 0.25) is 0 Å². The van der Waals surface area contributed by atoms with Crippen molar-refractivity contribution in [3.05, 3.63) is 0 Å². The van der Waals surface area contributed by atoms with E-state index in [-0.39, 0.29) is 12.6 Å². The van der Waals surface area contributed by atoms with Crippen LogP contribution in [-0.4, -0.2) is 66.4 Å². The molecule has 1 fully saturated rings. The van der Waals surface area contributed by atoms with Gasteiger partial charge in [0.1, 0.15) is 0 Å². The molecular weight excluding hydrogens is 232 g/mol. The minimum Gasteiger partial charge on any atom is -0.480 e. The smallest absolute Gasteiger partial charge is 0.328 e. The number of carboxylic acids is 1. The first-order valence-corrected chi connectivity index (χ1v) is 6.40. The molecule has 0 spiro atoms. The van der Waals surface area contributed by atoms with Crippen LogP contribution in [0.1, 0.15) is 0 Å². The Balaban J connectivity index is 2.47. The maximum Gasteiger partial charge on any atom is 0.328 e. The first-order valence-electron chi connectivity index (χ1n) is 5.00. The Morgan fingerprint density at radius 2 is 2.38 bits per heavy atom. The molecule has 0 aromatic carbocycles. The molecule has 7 heteroatoms. The topological polar surface area (TPSA) is 78.9 Å². The Bertz CT molecular complexity index is 262. The fourth-order valence-corrected chi connectivity index (χ4v) is 1.72. The number of rotatable bonds is 4. The molecule has 0 aromatic heterocycles. The summed E-state index contributed by atoms with van der Waals surface area (Å²) < 4.78 is 5.04. The summed E-state index contributed by atoms with van der Waals surface area (Å²) >= 11 is 1.62. The second kappa shape index (κ2) is 6.59. The monoisotopic (exact) mass is 248 g/mol. The number of urea groups is 1. The van der Waals surface area contributed by atoms with Crippen molar-refractivity contribution in [1.29, 1.82) is 0 Å². The number of carbonyl (C=O) groups excluding carboxylic acids is 1. The summed E-state index contributed by atoms with van der Waals surface area (Å²) in [7, 11) is 0. The molecule has 1 aliphatic heterocycles. The van der Waals surface area contributed by atoms with E-state index in [0.717, 1.165) is 5.75 Å². The summed E-state index contributed by atoms with van der Waals surface area (Å²) in [6.07, 6.45) is 1.95. The van der Waals surface area contributed by atoms with Crippen molar-refractivity contribution < 1.29 is 19.4 Å². The van der Waals surface area contributed by atoms with Gasteiger partial charge in [0.05, 0.1) is 13.2 Å². The molecule has 1 saturated heterocycles. The number of hydrogen-bond acceptors (Lipinski definition) is 4. The van der Waals surface area contributed by atoms with Gasteiger partial charge >= 0.3 is 12.0 Å². The van der Waals surface area contributed by atoms with Gasteiger partial charge in [-0.1, -0.05) is 0 Å². The molecule has 6 nitrogen and oxygen atoms in total. The van der Waals surface area contributed by atoms with Crippen molar-refractivity contribution in [2.24, 2.45) is 0 Å². The van der Waals surface area contributed by atoms with Gasteiger partial charge in [-0.05, 0) is 6.26 Å². The van der Waals surface area contributed by atoms with E-state index in [0.29, 0.717) is 19.7 Å². The average molecular weight is 248 g/mol. The molecule has 1 unspecified atom stereocenters. The van der Waals surface area contributed by atoms with Crippen molar-refractivity contribution in [3.8, 4) is 0 Å². The lowest BCUT2D eigenvalue weighted by atomic mass is 10.2. The second-order valence-corrected chi connectivity index (χ2v) is 4.33. The highest BCUT2D eigenvalue weighted by atomic mass is 32.2. The van der Waals surface area contributed by atoms with Gasteiger partial charge in [-0.3, -0.25) is 0 Å². The normalized spacial score (nSPS) is 20.6. The van der Waals surface area contributed by atoms with Crippen molar-refractivity contribution in [1.82, 2.24) is 10.2 Å². The van der Waals surface area contributed by atoms with Gasteiger partial charge in [0.25, 0.3) is 0 Å². The van der Waals surface area contributed by atoms with Gasteiger partial charge in [0.2, 0.25) is 0 Å². The van der Waals surface area contributed by atoms with Crippen LogP contribution in [0.15, 0.2) is 0 Å². The SMILES string of the molecule is CSCCNC(=O)N1CCOCC1C(=O)O. The van der Waals surface area contributed by atoms with Crippen LogP contribution in [-0.2, 0) is 9.53 Å². The Hall–Kier alpha value is -0.950. The van der Waals surface area contributed by atoms with Crippen LogP contribution >= 0.6 is 11.8 Å². The largest absolute Gasteiger partial charge is 0.480 e. The number of morpholine rings is 1. The van der Waals surface area contributed by atoms with E-state index in [1.807, 2.05) is 6.26 Å². The lowest BCUT2D eigenvalue weighted by molar-refractivity contribution is -0.147. The van der Waals surface area contributed by atoms with E-state index in [9.17, 15) is 9.59 Å². The lowest BCUT2D eigenvalue weighted by Crippen LogP contribution is -2.55. The van der Waals surface area contributed by atoms with Crippen LogP contribution < -0.4 is 5.32 Å². The van der Waals surface area contributed by atoms with E-state index in [1.165, 1.54) is 4.90 Å². The Labute approximate surface area is 98.3 Å². The highest BCUT2D eigenvalue weighted by Gasteiger charge is 2.32. The quantitative estimate of drug-likeness (QED) is 0.676. The third-order valence-electron chi connectivity index (χ3n) is 2.26. The zero-order chi connectivity index (χ0) is 12.0. The summed E-state index contributed by atoms with van der Waals surface area (Å²) in [6, 6.07) is -1.20. The first-order chi connectivity index (χ1) is 7.66. The average Bonchev–Trinajstić information content (AvgIpc) is 2.29. The standard InChI is InChI=1S/C9H16N2O4S/c1-16-5-2-10-9(14)11-3-4-15-6-7(11)8(12)13/h7H,2-6H2,1H3,(H,10,14)(H,12,13). The molecule has 1 rings (SSSR count). The Morgan fingerprint density at radius 1 is 1.62 bits per heavy atom. The number of amides is 2. The van der Waals surface area contributed by atoms with Crippen LogP contribution in [0.25, 0.3) is 0 Å². The summed E-state index contributed by atoms with van der Waals surface area (Å²) in [6.45, 7) is 1.32. The highest BCUT2D eigenvalue weighted by molar-refractivity contribution is 7.98. The molecule has 0 aliphatic carbocycles. The fraction of sp³-hybridized carbons (Fsp3) is 0.778. The van der Waals surface area contributed by atoms with Gasteiger partial charge in [0.15, 0.2) is 6.04 Å². The molecular formula is C9H16N2O4S. The van der Waals surface area contributed by atoms with E-state index in [1.54, 1.807) is 11.8 Å². The number of carboxylic acid groups (broad SMARTS) is 1. The van der Waals surface area contributed by atoms with Gasteiger partial charge in [0, 0.05) is 18.8 Å². The molecule has 1 aliphatic rings. The zero-order valence-corrected chi connectivity index (χ0v) is 9.96. The van der Waals surface area contributed by atoms with Crippen molar-refractivity contribution in [2.75, 3.05) is 38.3 Å². The summed E-state index contributed by atoms with van der Waals surface area (Å²) in [4.78, 5) is 23.9. The fourth-order valence-electron chi connectivity index (χ4n) is 1.41. The molecule has 16 heavy (non-hydrogen) atoms.